The fourth-order valence-corrected chi connectivity index (χ4v) is 13.8. The second-order valence-corrected chi connectivity index (χ2v) is 18.6. The van der Waals surface area contributed by atoms with Crippen LogP contribution in [0.15, 0.2) is 91.0 Å². The molecule has 0 aliphatic rings. The summed E-state index contributed by atoms with van der Waals surface area (Å²) in [4.78, 5) is 0. The Balaban J connectivity index is 2.39. The number of rotatable bonds is 6. The third kappa shape index (κ3) is 3.72. The van der Waals surface area contributed by atoms with Gasteiger partial charge < -0.3 is 0 Å². The predicted molar refractivity (Wildman–Crippen MR) is 129 cm³/mol. The van der Waals surface area contributed by atoms with E-state index in [2.05, 4.69) is 120 Å². The molecule has 0 fully saturated rings. The summed E-state index contributed by atoms with van der Waals surface area (Å²) in [5, 5.41) is 14.9. The molecule has 3 aromatic rings. The summed E-state index contributed by atoms with van der Waals surface area (Å²) in [7, 11) is 0. The molecule has 0 unspecified atom stereocenters. The molecule has 27 heavy (non-hydrogen) atoms. The van der Waals surface area contributed by atoms with Gasteiger partial charge in [-0.25, -0.2) is 0 Å². The van der Waals surface area contributed by atoms with Gasteiger partial charge in [0.15, 0.2) is 0 Å². The Morgan fingerprint density at radius 1 is 0.741 bits per heavy atom. The van der Waals surface area contributed by atoms with Crippen LogP contribution in [0.1, 0.15) is 20.8 Å². The van der Waals surface area contributed by atoms with E-state index in [1.165, 1.54) is 15.9 Å². The SMILES string of the molecule is C[C@@H](CP(I)(c1ccccc1)(c1ccccc1)c1ccccc1)C(C)(C)O. The molecule has 3 heteroatoms. The van der Waals surface area contributed by atoms with Gasteiger partial charge in [-0.3, -0.25) is 0 Å². The summed E-state index contributed by atoms with van der Waals surface area (Å²) in [6.07, 6.45) is 0.910. The van der Waals surface area contributed by atoms with Crippen LogP contribution in [0.5, 0.6) is 0 Å². The van der Waals surface area contributed by atoms with Crippen molar-refractivity contribution in [3.63, 3.8) is 0 Å². The van der Waals surface area contributed by atoms with E-state index in [1.807, 2.05) is 13.8 Å². The first-order valence-electron chi connectivity index (χ1n) is 9.39. The van der Waals surface area contributed by atoms with Crippen molar-refractivity contribution in [1.82, 2.24) is 0 Å². The van der Waals surface area contributed by atoms with Gasteiger partial charge in [-0.1, -0.05) is 0 Å². The summed E-state index contributed by atoms with van der Waals surface area (Å²) >= 11 is 2.78. The topological polar surface area (TPSA) is 20.2 Å². The van der Waals surface area contributed by atoms with Crippen molar-refractivity contribution in [3.8, 4) is 0 Å². The fourth-order valence-electron chi connectivity index (χ4n) is 3.72. The van der Waals surface area contributed by atoms with E-state index in [0.29, 0.717) is 0 Å². The molecule has 0 radical (unpaired) electrons. The molecule has 1 atom stereocenters. The molecule has 0 aliphatic carbocycles. The van der Waals surface area contributed by atoms with Crippen LogP contribution in [0.4, 0.5) is 0 Å². The van der Waals surface area contributed by atoms with Crippen molar-refractivity contribution in [2.75, 3.05) is 6.16 Å². The molecule has 1 N–H and O–H groups in total. The van der Waals surface area contributed by atoms with Gasteiger partial charge in [0.25, 0.3) is 0 Å². The Morgan fingerprint density at radius 2 is 1.04 bits per heavy atom. The third-order valence-corrected chi connectivity index (χ3v) is 17.3. The maximum atomic E-state index is 10.8. The van der Waals surface area contributed by atoms with Gasteiger partial charge in [0.2, 0.25) is 0 Å². The molecular weight excluding hydrogens is 462 g/mol. The molecule has 0 amide bonds. The first-order valence-corrected chi connectivity index (χ1v) is 14.6. The van der Waals surface area contributed by atoms with Gasteiger partial charge in [0.1, 0.15) is 0 Å². The van der Waals surface area contributed by atoms with E-state index < -0.39 is 9.85 Å². The van der Waals surface area contributed by atoms with Crippen molar-refractivity contribution in [2.24, 2.45) is 5.92 Å². The first kappa shape index (κ1) is 20.5. The molecule has 3 rings (SSSR count). The Labute approximate surface area is 176 Å². The predicted octanol–water partition coefficient (Wildman–Crippen LogP) is 5.27. The Kier molecular flexibility index (Phi) is 5.82. The molecule has 0 heterocycles. The van der Waals surface area contributed by atoms with Crippen LogP contribution in [0.3, 0.4) is 0 Å². The second kappa shape index (κ2) is 7.66. The zero-order valence-corrected chi connectivity index (χ0v) is 19.3. The minimum absolute atomic E-state index is 0.132. The van der Waals surface area contributed by atoms with E-state index in [-0.39, 0.29) is 5.92 Å². The summed E-state index contributed by atoms with van der Waals surface area (Å²) in [6.45, 7) is 6.03. The summed E-state index contributed by atoms with van der Waals surface area (Å²) < 4.78 is -2.80. The molecule has 3 aromatic carbocycles. The quantitative estimate of drug-likeness (QED) is 0.369. The van der Waals surface area contributed by atoms with E-state index in [9.17, 15) is 5.11 Å². The van der Waals surface area contributed by atoms with Crippen LogP contribution < -0.4 is 15.9 Å². The normalized spacial score (nSPS) is 14.9. The standard InChI is InChI=1S/C24H28IOP/c1-20(24(2,3)26)19-27(25,21-13-7-4-8-14-21,22-15-9-5-10-16-22)23-17-11-6-12-18-23/h4-18,20,26H,19H2,1-3H3/t20-/m0/s1. The molecule has 0 saturated carbocycles. The average molecular weight is 490 g/mol. The van der Waals surface area contributed by atoms with Crippen molar-refractivity contribution < 1.29 is 5.11 Å². The number of hydrogen-bond donors (Lipinski definition) is 1. The monoisotopic (exact) mass is 490 g/mol. The van der Waals surface area contributed by atoms with E-state index >= 15 is 0 Å². The Hall–Kier alpha value is -1.22. The molecule has 0 aromatic heterocycles. The molecule has 0 bridgehead atoms. The van der Waals surface area contributed by atoms with Crippen molar-refractivity contribution >= 4 is 42.2 Å². The molecular formula is C24H28IOP. The van der Waals surface area contributed by atoms with E-state index in [4.69, 9.17) is 0 Å². The molecule has 0 aliphatic heterocycles. The molecule has 0 spiro atoms. The number of hydrogen-bond acceptors (Lipinski definition) is 1. The van der Waals surface area contributed by atoms with Crippen LogP contribution in [0, 0.1) is 5.92 Å². The van der Waals surface area contributed by atoms with Crippen molar-refractivity contribution in [2.45, 2.75) is 26.4 Å². The van der Waals surface area contributed by atoms with Crippen LogP contribution in [0.25, 0.3) is 0 Å². The zero-order chi connectivity index (χ0) is 19.6. The van der Waals surface area contributed by atoms with Gasteiger partial charge in [-0.2, -0.15) is 0 Å². The van der Waals surface area contributed by atoms with Crippen LogP contribution in [-0.2, 0) is 0 Å². The number of benzene rings is 3. The Bertz CT molecular complexity index is 773. The average Bonchev–Trinajstić information content (AvgIpc) is 2.69. The molecule has 142 valence electrons. The molecule has 1 nitrogen and oxygen atoms in total. The summed E-state index contributed by atoms with van der Waals surface area (Å²) in [5.74, 6) is 0.132. The van der Waals surface area contributed by atoms with Crippen molar-refractivity contribution in [1.29, 1.82) is 0 Å². The van der Waals surface area contributed by atoms with Gasteiger partial charge in [-0.15, -0.1) is 0 Å². The summed E-state index contributed by atoms with van der Waals surface area (Å²) in [6, 6.07) is 32.6. The van der Waals surface area contributed by atoms with Gasteiger partial charge in [-0.05, 0) is 0 Å². The van der Waals surface area contributed by atoms with Crippen LogP contribution in [-0.4, -0.2) is 16.9 Å². The van der Waals surface area contributed by atoms with E-state index in [0.717, 1.165) is 6.16 Å². The third-order valence-electron chi connectivity index (χ3n) is 5.71. The second-order valence-electron chi connectivity index (χ2n) is 7.93. The fraction of sp³-hybridized carbons (Fsp3) is 0.250. The van der Waals surface area contributed by atoms with Crippen LogP contribution in [0.2, 0.25) is 0 Å². The maximum absolute atomic E-state index is 10.8. The molecule has 0 saturated heterocycles. The van der Waals surface area contributed by atoms with E-state index in [1.54, 1.807) is 0 Å². The van der Waals surface area contributed by atoms with Gasteiger partial charge in [0, 0.05) is 0 Å². The van der Waals surface area contributed by atoms with Gasteiger partial charge >= 0.3 is 177 Å². The summed E-state index contributed by atoms with van der Waals surface area (Å²) in [5.41, 5.74) is -0.743. The first-order chi connectivity index (χ1) is 12.8. The number of aliphatic hydroxyl groups is 1. The van der Waals surface area contributed by atoms with Crippen molar-refractivity contribution in [3.05, 3.63) is 91.0 Å². The number of halogens is 1. The van der Waals surface area contributed by atoms with Gasteiger partial charge in [0.05, 0.1) is 0 Å². The minimum atomic E-state index is -2.80. The zero-order valence-electron chi connectivity index (χ0n) is 16.2. The van der Waals surface area contributed by atoms with Crippen LogP contribution >= 0.6 is 26.3 Å². The Morgan fingerprint density at radius 3 is 1.30 bits per heavy atom.